The van der Waals surface area contributed by atoms with E-state index in [1.54, 1.807) is 0 Å². The summed E-state index contributed by atoms with van der Waals surface area (Å²) in [6.45, 7) is 2.13. The Kier molecular flexibility index (Phi) is 3.67. The number of rotatable bonds is 1. The molecule has 0 saturated carbocycles. The van der Waals surface area contributed by atoms with Gasteiger partial charge in [0.1, 0.15) is 0 Å². The number of aryl methyl sites for hydroxylation is 1. The maximum Gasteiger partial charge on any atom is 0.338 e. The molecule has 14 heavy (non-hydrogen) atoms. The second kappa shape index (κ2) is 5.01. The Hall–Kier alpha value is -1.84. The van der Waals surface area contributed by atoms with Crippen LogP contribution in [0.2, 0.25) is 0 Å². The van der Waals surface area contributed by atoms with Gasteiger partial charge in [-0.25, -0.2) is 9.59 Å². The average molecular weight is 193 g/mol. The van der Waals surface area contributed by atoms with Gasteiger partial charge in [-0.2, -0.15) is 0 Å². The molecule has 0 spiro atoms. The molecule has 0 aromatic carbocycles. The molecule has 1 aliphatic rings. The fraction of sp³-hybridized carbons (Fsp3) is 0.200. The van der Waals surface area contributed by atoms with Gasteiger partial charge >= 0.3 is 11.9 Å². The van der Waals surface area contributed by atoms with Crippen LogP contribution in [0.3, 0.4) is 0 Å². The molecule has 2 rings (SSSR count). The quantitative estimate of drug-likeness (QED) is 0.538. The first-order valence-corrected chi connectivity index (χ1v) is 4.28. The van der Waals surface area contributed by atoms with E-state index in [1.807, 2.05) is 12.3 Å². The minimum Gasteiger partial charge on any atom is -0.387 e. The van der Waals surface area contributed by atoms with Gasteiger partial charge in [0.2, 0.25) is 0 Å². The average Bonchev–Trinajstić information content (AvgIpc) is 2.78. The normalized spacial score (nSPS) is 13.5. The summed E-state index contributed by atoms with van der Waals surface area (Å²) < 4.78 is 3.97. The highest BCUT2D eigenvalue weighted by atomic mass is 16.6. The lowest BCUT2D eigenvalue weighted by Gasteiger charge is -1.81. The highest BCUT2D eigenvalue weighted by Crippen LogP contribution is 1.93. The molecule has 2 heterocycles. The molecule has 4 nitrogen and oxygen atoms in total. The number of esters is 2. The second-order valence-electron chi connectivity index (χ2n) is 2.62. The minimum absolute atomic E-state index is 0.579. The van der Waals surface area contributed by atoms with E-state index in [1.165, 1.54) is 5.69 Å². The summed E-state index contributed by atoms with van der Waals surface area (Å²) in [6.07, 6.45) is 5.22. The molecule has 1 N–H and O–H groups in total. The summed E-state index contributed by atoms with van der Waals surface area (Å²) in [5, 5.41) is 0. The van der Waals surface area contributed by atoms with Gasteiger partial charge in [-0.3, -0.25) is 0 Å². The van der Waals surface area contributed by atoms with Gasteiger partial charge in [0.15, 0.2) is 0 Å². The Labute approximate surface area is 81.6 Å². The lowest BCUT2D eigenvalue weighted by atomic mass is 10.4. The standard InChI is InChI=1S/C6H9N.C4H2O3/c1-2-6-4-3-5-7-6;5-3-1-2-4(6)7-3/h3-5,7H,2H2,1H3;1-2H. The third-order valence-electron chi connectivity index (χ3n) is 1.60. The Bertz CT molecular complexity index is 322. The van der Waals surface area contributed by atoms with Crippen LogP contribution in [0.5, 0.6) is 0 Å². The van der Waals surface area contributed by atoms with Crippen LogP contribution in [0.15, 0.2) is 30.5 Å². The fourth-order valence-corrected chi connectivity index (χ4v) is 0.891. The molecular formula is C10H11NO3. The third kappa shape index (κ3) is 3.26. The Morgan fingerprint density at radius 3 is 2.14 bits per heavy atom. The number of nitrogens with one attached hydrogen (secondary N) is 1. The van der Waals surface area contributed by atoms with Gasteiger partial charge in [-0.05, 0) is 18.6 Å². The number of carbonyl (C=O) groups excluding carboxylic acids is 2. The number of aromatic nitrogens is 1. The highest BCUT2D eigenvalue weighted by Gasteiger charge is 2.10. The predicted octanol–water partition coefficient (Wildman–Crippen LogP) is 1.20. The molecule has 74 valence electrons. The predicted molar refractivity (Wildman–Crippen MR) is 50.4 cm³/mol. The number of H-pyrrole nitrogens is 1. The van der Waals surface area contributed by atoms with Crippen molar-refractivity contribution in [1.82, 2.24) is 4.98 Å². The van der Waals surface area contributed by atoms with Crippen LogP contribution >= 0.6 is 0 Å². The molecule has 1 aromatic heterocycles. The van der Waals surface area contributed by atoms with Crippen molar-refractivity contribution >= 4 is 11.9 Å². The molecule has 1 aromatic rings. The van der Waals surface area contributed by atoms with E-state index in [2.05, 4.69) is 22.7 Å². The Morgan fingerprint density at radius 2 is 1.93 bits per heavy atom. The van der Waals surface area contributed by atoms with E-state index in [-0.39, 0.29) is 0 Å². The van der Waals surface area contributed by atoms with E-state index in [0.717, 1.165) is 18.6 Å². The molecule has 4 heteroatoms. The van der Waals surface area contributed by atoms with Gasteiger partial charge in [0, 0.05) is 24.0 Å². The van der Waals surface area contributed by atoms with Crippen LogP contribution in [-0.4, -0.2) is 16.9 Å². The number of ether oxygens (including phenoxy) is 1. The zero-order chi connectivity index (χ0) is 10.4. The SMILES string of the molecule is CCc1ccc[nH]1.O=C1C=CC(=O)O1. The van der Waals surface area contributed by atoms with E-state index < -0.39 is 11.9 Å². The van der Waals surface area contributed by atoms with Gasteiger partial charge < -0.3 is 9.72 Å². The summed E-state index contributed by atoms with van der Waals surface area (Å²) in [7, 11) is 0. The highest BCUT2D eigenvalue weighted by molar-refractivity contribution is 6.04. The molecule has 0 unspecified atom stereocenters. The number of carbonyl (C=O) groups is 2. The monoisotopic (exact) mass is 193 g/mol. The third-order valence-corrected chi connectivity index (χ3v) is 1.60. The van der Waals surface area contributed by atoms with Crippen LogP contribution in [0.25, 0.3) is 0 Å². The van der Waals surface area contributed by atoms with E-state index in [0.29, 0.717) is 0 Å². The first kappa shape index (κ1) is 10.2. The van der Waals surface area contributed by atoms with Crippen LogP contribution < -0.4 is 0 Å². The lowest BCUT2D eigenvalue weighted by molar-refractivity contribution is -0.150. The molecular weight excluding hydrogens is 182 g/mol. The largest absolute Gasteiger partial charge is 0.387 e. The van der Waals surface area contributed by atoms with Gasteiger partial charge in [0.25, 0.3) is 0 Å². The minimum atomic E-state index is -0.579. The van der Waals surface area contributed by atoms with Crippen molar-refractivity contribution in [3.63, 3.8) is 0 Å². The molecule has 0 aliphatic carbocycles. The van der Waals surface area contributed by atoms with Crippen molar-refractivity contribution < 1.29 is 14.3 Å². The summed E-state index contributed by atoms with van der Waals surface area (Å²) in [4.78, 5) is 22.9. The fourth-order valence-electron chi connectivity index (χ4n) is 0.891. The van der Waals surface area contributed by atoms with E-state index >= 15 is 0 Å². The van der Waals surface area contributed by atoms with Crippen molar-refractivity contribution in [2.45, 2.75) is 13.3 Å². The maximum absolute atomic E-state index is 9.92. The van der Waals surface area contributed by atoms with Crippen LogP contribution in [-0.2, 0) is 20.7 Å². The number of hydrogen-bond donors (Lipinski definition) is 1. The first-order valence-electron chi connectivity index (χ1n) is 4.28. The summed E-state index contributed by atoms with van der Waals surface area (Å²) in [5.41, 5.74) is 1.31. The van der Waals surface area contributed by atoms with Crippen LogP contribution in [0.1, 0.15) is 12.6 Å². The molecule has 1 aliphatic heterocycles. The number of cyclic esters (lactones) is 2. The van der Waals surface area contributed by atoms with Crippen LogP contribution in [0.4, 0.5) is 0 Å². The topological polar surface area (TPSA) is 59.2 Å². The van der Waals surface area contributed by atoms with Gasteiger partial charge in [-0.15, -0.1) is 0 Å². The molecule has 0 atom stereocenters. The van der Waals surface area contributed by atoms with Crippen molar-refractivity contribution in [2.24, 2.45) is 0 Å². The van der Waals surface area contributed by atoms with Gasteiger partial charge in [0.05, 0.1) is 0 Å². The van der Waals surface area contributed by atoms with E-state index in [4.69, 9.17) is 0 Å². The first-order chi connectivity index (χ1) is 6.72. The molecule has 0 amide bonds. The van der Waals surface area contributed by atoms with Crippen LogP contribution in [0, 0.1) is 0 Å². The Balaban J connectivity index is 0.000000140. The number of aromatic amines is 1. The molecule has 0 fully saturated rings. The molecule has 0 bridgehead atoms. The Morgan fingerprint density at radius 1 is 1.29 bits per heavy atom. The summed E-state index contributed by atoms with van der Waals surface area (Å²) >= 11 is 0. The van der Waals surface area contributed by atoms with Crippen molar-refractivity contribution in [3.8, 4) is 0 Å². The van der Waals surface area contributed by atoms with Gasteiger partial charge in [-0.1, -0.05) is 6.92 Å². The number of hydrogen-bond acceptors (Lipinski definition) is 3. The van der Waals surface area contributed by atoms with E-state index in [9.17, 15) is 9.59 Å². The summed E-state index contributed by atoms with van der Waals surface area (Å²) in [6, 6.07) is 4.10. The second-order valence-corrected chi connectivity index (χ2v) is 2.62. The van der Waals surface area contributed by atoms with Crippen molar-refractivity contribution in [3.05, 3.63) is 36.2 Å². The van der Waals surface area contributed by atoms with Crippen molar-refractivity contribution in [2.75, 3.05) is 0 Å². The zero-order valence-corrected chi connectivity index (χ0v) is 7.82. The van der Waals surface area contributed by atoms with Crippen molar-refractivity contribution in [1.29, 1.82) is 0 Å². The zero-order valence-electron chi connectivity index (χ0n) is 7.82. The molecule has 0 saturated heterocycles. The molecule has 0 radical (unpaired) electrons. The maximum atomic E-state index is 9.92. The lowest BCUT2D eigenvalue weighted by Crippen LogP contribution is -1.96. The summed E-state index contributed by atoms with van der Waals surface area (Å²) in [5.74, 6) is -1.16. The smallest absolute Gasteiger partial charge is 0.338 e.